The molecule has 0 N–H and O–H groups in total. The second-order valence-electron chi connectivity index (χ2n) is 3.31. The molecule has 0 fully saturated rings. The van der Waals surface area contributed by atoms with Crippen LogP contribution in [0.4, 0.5) is 0 Å². The van der Waals surface area contributed by atoms with Gasteiger partial charge in [-0.05, 0) is 26.0 Å². The first-order valence-corrected chi connectivity index (χ1v) is 7.88. The van der Waals surface area contributed by atoms with Crippen molar-refractivity contribution < 1.29 is 16.8 Å². The van der Waals surface area contributed by atoms with Gasteiger partial charge in [0, 0.05) is 0 Å². The Morgan fingerprint density at radius 1 is 0.933 bits per heavy atom. The third-order valence-corrected chi connectivity index (χ3v) is 8.10. The minimum absolute atomic E-state index is 0.182. The molecule has 0 unspecified atom stereocenters. The van der Waals surface area contributed by atoms with E-state index in [1.54, 1.807) is 6.07 Å². The van der Waals surface area contributed by atoms with E-state index in [2.05, 4.69) is 0 Å². The Hall–Kier alpha value is -0.880. The van der Waals surface area contributed by atoms with Gasteiger partial charge in [0.15, 0.2) is 0 Å². The molecule has 0 radical (unpaired) electrons. The van der Waals surface area contributed by atoms with E-state index in [1.807, 2.05) is 0 Å². The van der Waals surface area contributed by atoms with Gasteiger partial charge in [-0.25, -0.2) is 16.8 Å². The van der Waals surface area contributed by atoms with Crippen molar-refractivity contribution >= 4 is 17.7 Å². The summed E-state index contributed by atoms with van der Waals surface area (Å²) in [5.74, 6) is 0. The summed E-state index contributed by atoms with van der Waals surface area (Å²) in [6, 6.07) is 7.15. The number of hydrogen-bond donors (Lipinski definition) is 0. The van der Waals surface area contributed by atoms with Gasteiger partial charge in [0.2, 0.25) is 0 Å². The summed E-state index contributed by atoms with van der Waals surface area (Å²) in [6.45, 7) is 2.69. The molecular weight excluding hydrogens is 236 g/mol. The maximum absolute atomic E-state index is 11.7. The molecule has 1 aromatic rings. The molecule has 0 bridgehead atoms. The molecule has 1 rings (SSSR count). The maximum Gasteiger partial charge on any atom is 0.282 e. The molecule has 0 amide bonds. The third-order valence-electron chi connectivity index (χ3n) is 1.92. The van der Waals surface area contributed by atoms with Crippen LogP contribution in [0.2, 0.25) is 0 Å². The van der Waals surface area contributed by atoms with E-state index in [4.69, 9.17) is 0 Å². The predicted octanol–water partition coefficient (Wildman–Crippen LogP) is 1.20. The van der Waals surface area contributed by atoms with Crippen LogP contribution in [0.3, 0.4) is 0 Å². The number of rotatable bonds is 3. The zero-order chi connectivity index (χ0) is 11.7. The van der Waals surface area contributed by atoms with Crippen LogP contribution in [0.25, 0.3) is 0 Å². The quantitative estimate of drug-likeness (QED) is 0.754. The summed E-state index contributed by atoms with van der Waals surface area (Å²) in [5, 5.41) is -0.942. The van der Waals surface area contributed by atoms with E-state index in [-0.39, 0.29) is 4.90 Å². The van der Waals surface area contributed by atoms with Gasteiger partial charge < -0.3 is 0 Å². The SMILES string of the molecule is CC(C)S(=O)(=O)S(=O)(=O)c1ccccc1. The van der Waals surface area contributed by atoms with Gasteiger partial charge in [-0.2, -0.15) is 0 Å². The van der Waals surface area contributed by atoms with Crippen molar-refractivity contribution in [2.45, 2.75) is 24.0 Å². The van der Waals surface area contributed by atoms with E-state index in [9.17, 15) is 16.8 Å². The molecule has 0 aliphatic heterocycles. The molecule has 1 aromatic carbocycles. The lowest BCUT2D eigenvalue weighted by atomic mass is 10.4. The molecule has 0 aliphatic rings. The Morgan fingerprint density at radius 3 is 1.80 bits per heavy atom. The minimum atomic E-state index is -4.27. The molecule has 0 atom stereocenters. The van der Waals surface area contributed by atoms with E-state index < -0.39 is 23.0 Å². The lowest BCUT2D eigenvalue weighted by molar-refractivity contribution is 0.577. The lowest BCUT2D eigenvalue weighted by Gasteiger charge is -2.08. The van der Waals surface area contributed by atoms with Crippen molar-refractivity contribution in [1.82, 2.24) is 0 Å². The fourth-order valence-electron chi connectivity index (χ4n) is 0.975. The van der Waals surface area contributed by atoms with Crippen molar-refractivity contribution in [3.63, 3.8) is 0 Å². The van der Waals surface area contributed by atoms with E-state index in [0.29, 0.717) is 0 Å². The second-order valence-corrected chi connectivity index (χ2v) is 9.33. The highest BCUT2D eigenvalue weighted by Gasteiger charge is 2.34. The molecule has 0 saturated heterocycles. The summed E-state index contributed by atoms with van der Waals surface area (Å²) in [7, 11) is -8.42. The van der Waals surface area contributed by atoms with Gasteiger partial charge in [-0.3, -0.25) is 0 Å². The molecule has 4 nitrogen and oxygen atoms in total. The van der Waals surface area contributed by atoms with Crippen LogP contribution in [-0.2, 0) is 17.7 Å². The van der Waals surface area contributed by atoms with Gasteiger partial charge in [0.25, 0.3) is 17.7 Å². The molecule has 15 heavy (non-hydrogen) atoms. The topological polar surface area (TPSA) is 68.3 Å². The highest BCUT2D eigenvalue weighted by Crippen LogP contribution is 2.20. The van der Waals surface area contributed by atoms with Crippen LogP contribution in [0.1, 0.15) is 13.8 Å². The van der Waals surface area contributed by atoms with Crippen molar-refractivity contribution in [3.8, 4) is 0 Å². The first-order valence-electron chi connectivity index (χ1n) is 4.34. The summed E-state index contributed by atoms with van der Waals surface area (Å²) < 4.78 is 46.5. The van der Waals surface area contributed by atoms with Crippen molar-refractivity contribution in [2.75, 3.05) is 0 Å². The van der Waals surface area contributed by atoms with Gasteiger partial charge in [-0.1, -0.05) is 18.2 Å². The van der Waals surface area contributed by atoms with Crippen LogP contribution >= 0.6 is 0 Å². The Bertz CT molecular complexity index is 527. The van der Waals surface area contributed by atoms with Crippen LogP contribution in [0.5, 0.6) is 0 Å². The van der Waals surface area contributed by atoms with E-state index in [1.165, 1.54) is 38.1 Å². The largest absolute Gasteiger partial charge is 0.282 e. The highest BCUT2D eigenvalue weighted by molar-refractivity contribution is 8.67. The maximum atomic E-state index is 11.7. The number of benzene rings is 1. The standard InChI is InChI=1S/C9H12O4S2/c1-8(2)14(10,11)15(12,13)9-6-4-3-5-7-9/h3-8H,1-2H3. The van der Waals surface area contributed by atoms with Crippen molar-refractivity contribution in [1.29, 1.82) is 0 Å². The zero-order valence-electron chi connectivity index (χ0n) is 8.41. The summed E-state index contributed by atoms with van der Waals surface area (Å²) in [5.41, 5.74) is 0. The summed E-state index contributed by atoms with van der Waals surface area (Å²) >= 11 is 0. The van der Waals surface area contributed by atoms with Crippen LogP contribution in [0.15, 0.2) is 35.2 Å². The van der Waals surface area contributed by atoms with Crippen LogP contribution in [-0.4, -0.2) is 22.1 Å². The van der Waals surface area contributed by atoms with Gasteiger partial charge >= 0.3 is 0 Å². The molecular formula is C9H12O4S2. The Kier molecular flexibility index (Phi) is 3.20. The monoisotopic (exact) mass is 248 g/mol. The molecule has 0 heterocycles. The molecule has 84 valence electrons. The minimum Gasteiger partial charge on any atom is -0.212 e. The Balaban J connectivity index is 3.41. The number of hydrogen-bond acceptors (Lipinski definition) is 4. The van der Waals surface area contributed by atoms with Crippen LogP contribution < -0.4 is 0 Å². The molecule has 0 spiro atoms. The first kappa shape index (κ1) is 12.2. The third kappa shape index (κ3) is 2.05. The molecule has 6 heteroatoms. The summed E-state index contributed by atoms with van der Waals surface area (Å²) in [4.78, 5) is -0.182. The first-order chi connectivity index (χ1) is 6.80. The average Bonchev–Trinajstić information content (AvgIpc) is 2.18. The highest BCUT2D eigenvalue weighted by atomic mass is 33.2. The fourth-order valence-corrected chi connectivity index (χ4v) is 4.90. The zero-order valence-corrected chi connectivity index (χ0v) is 10.0. The van der Waals surface area contributed by atoms with Gasteiger partial charge in [-0.15, -0.1) is 0 Å². The summed E-state index contributed by atoms with van der Waals surface area (Å²) in [6.07, 6.45) is 0. The molecule has 0 aliphatic carbocycles. The van der Waals surface area contributed by atoms with Crippen LogP contribution in [0, 0.1) is 0 Å². The predicted molar refractivity (Wildman–Crippen MR) is 57.7 cm³/mol. The smallest absolute Gasteiger partial charge is 0.212 e. The molecule has 0 saturated carbocycles. The normalized spacial score (nSPS) is 13.0. The second kappa shape index (κ2) is 3.94. The molecule has 0 aromatic heterocycles. The Morgan fingerprint density at radius 2 is 1.40 bits per heavy atom. The van der Waals surface area contributed by atoms with Gasteiger partial charge in [0.05, 0.1) is 10.1 Å². The fraction of sp³-hybridized carbons (Fsp3) is 0.333. The lowest BCUT2D eigenvalue weighted by Crippen LogP contribution is -2.24. The van der Waals surface area contributed by atoms with Crippen molar-refractivity contribution in [2.24, 2.45) is 0 Å². The van der Waals surface area contributed by atoms with Gasteiger partial charge in [0.1, 0.15) is 0 Å². The van der Waals surface area contributed by atoms with E-state index >= 15 is 0 Å². The Labute approximate surface area is 89.2 Å². The van der Waals surface area contributed by atoms with Crippen molar-refractivity contribution in [3.05, 3.63) is 30.3 Å². The van der Waals surface area contributed by atoms with E-state index in [0.717, 1.165) is 0 Å². The average molecular weight is 248 g/mol.